The van der Waals surface area contributed by atoms with Gasteiger partial charge in [-0.1, -0.05) is 25.5 Å². The van der Waals surface area contributed by atoms with E-state index in [1.807, 2.05) is 30.3 Å². The number of hydrogen-bond donors (Lipinski definition) is 2. The van der Waals surface area contributed by atoms with Crippen molar-refractivity contribution < 1.29 is 10.1 Å². The van der Waals surface area contributed by atoms with Crippen molar-refractivity contribution in [1.29, 1.82) is 0 Å². The van der Waals surface area contributed by atoms with Crippen molar-refractivity contribution in [3.05, 3.63) is 54.4 Å². The number of H-pyrrole nitrogens is 1. The van der Waals surface area contributed by atoms with E-state index in [0.717, 1.165) is 29.5 Å². The minimum Gasteiger partial charge on any atom is -0.438 e. The maximum atomic E-state index is 5.91. The fraction of sp³-hybridized carbons (Fsp3) is 0.316. The van der Waals surface area contributed by atoms with Crippen LogP contribution in [0.5, 0.6) is 11.6 Å². The normalized spacial score (nSPS) is 10.2. The zero-order valence-electron chi connectivity index (χ0n) is 14.2. The van der Waals surface area contributed by atoms with E-state index in [-0.39, 0.29) is 0 Å². The third-order valence-corrected chi connectivity index (χ3v) is 3.53. The van der Waals surface area contributed by atoms with E-state index in [4.69, 9.17) is 4.74 Å². The summed E-state index contributed by atoms with van der Waals surface area (Å²) in [5.41, 5.74) is 2.40. The lowest BCUT2D eigenvalue weighted by molar-refractivity contribution is -0.623. The Kier molecular flexibility index (Phi) is 6.63. The Morgan fingerprint density at radius 1 is 1.13 bits per heavy atom. The quantitative estimate of drug-likeness (QED) is 0.757. The van der Waals surface area contributed by atoms with Crippen LogP contribution in [-0.2, 0) is 6.42 Å². The predicted molar refractivity (Wildman–Crippen MR) is 95.0 cm³/mol. The van der Waals surface area contributed by atoms with E-state index >= 15 is 0 Å². The first kappa shape index (κ1) is 17.0. The smallest absolute Gasteiger partial charge is 0.219 e. The SMILES string of the molecule is CCCc1c[nH]c2cccc(Oc3ccccn3)c12.CC[NH2+]C. The van der Waals surface area contributed by atoms with Crippen LogP contribution in [0.3, 0.4) is 0 Å². The highest BCUT2D eigenvalue weighted by Crippen LogP contribution is 2.32. The van der Waals surface area contributed by atoms with Gasteiger partial charge >= 0.3 is 0 Å². The van der Waals surface area contributed by atoms with Crippen LogP contribution in [-0.4, -0.2) is 23.6 Å². The molecule has 2 aromatic heterocycles. The summed E-state index contributed by atoms with van der Waals surface area (Å²) in [6, 6.07) is 11.7. The molecule has 0 saturated heterocycles. The molecule has 3 rings (SSSR count). The minimum atomic E-state index is 0.624. The monoisotopic (exact) mass is 312 g/mol. The topological polar surface area (TPSA) is 54.5 Å². The van der Waals surface area contributed by atoms with E-state index in [9.17, 15) is 0 Å². The Hall–Kier alpha value is -2.33. The second-order valence-corrected chi connectivity index (χ2v) is 5.33. The average molecular weight is 312 g/mol. The highest BCUT2D eigenvalue weighted by Gasteiger charge is 2.10. The summed E-state index contributed by atoms with van der Waals surface area (Å²) in [4.78, 5) is 7.51. The van der Waals surface area contributed by atoms with E-state index in [1.165, 1.54) is 12.1 Å². The van der Waals surface area contributed by atoms with Crippen LogP contribution in [0.4, 0.5) is 0 Å². The lowest BCUT2D eigenvalue weighted by Crippen LogP contribution is -2.78. The molecule has 2 heterocycles. The van der Waals surface area contributed by atoms with E-state index in [1.54, 1.807) is 6.20 Å². The number of ether oxygens (including phenoxy) is 1. The lowest BCUT2D eigenvalue weighted by Gasteiger charge is -2.07. The summed E-state index contributed by atoms with van der Waals surface area (Å²) in [6.45, 7) is 5.50. The Morgan fingerprint density at radius 3 is 2.61 bits per heavy atom. The number of fused-ring (bicyclic) bond motifs is 1. The molecule has 0 fully saturated rings. The molecule has 0 amide bonds. The summed E-state index contributed by atoms with van der Waals surface area (Å²) < 4.78 is 5.91. The van der Waals surface area contributed by atoms with Gasteiger partial charge in [-0.25, -0.2) is 4.98 Å². The van der Waals surface area contributed by atoms with Crippen LogP contribution < -0.4 is 10.1 Å². The standard InChI is InChI=1S/C16H16N2O.C3H9N/c1-2-6-12-11-18-13-7-5-8-14(16(12)13)19-15-9-3-4-10-17-15;1-3-4-2/h3-5,7-11,18H,2,6H2,1H3;4H,3H2,1-2H3/p+1. The lowest BCUT2D eigenvalue weighted by atomic mass is 10.1. The van der Waals surface area contributed by atoms with Gasteiger partial charge in [-0.15, -0.1) is 0 Å². The molecule has 4 heteroatoms. The number of rotatable bonds is 5. The molecule has 0 bridgehead atoms. The van der Waals surface area contributed by atoms with Gasteiger partial charge in [0.15, 0.2) is 0 Å². The highest BCUT2D eigenvalue weighted by atomic mass is 16.5. The fourth-order valence-corrected chi connectivity index (χ4v) is 2.29. The van der Waals surface area contributed by atoms with Crippen LogP contribution in [0.1, 0.15) is 25.8 Å². The van der Waals surface area contributed by atoms with Crippen molar-refractivity contribution >= 4 is 10.9 Å². The Balaban J connectivity index is 0.000000433. The molecule has 4 nitrogen and oxygen atoms in total. The molecule has 0 aliphatic carbocycles. The maximum absolute atomic E-state index is 5.91. The molecular formula is C19H26N3O+. The van der Waals surface area contributed by atoms with Crippen molar-refractivity contribution in [2.75, 3.05) is 13.6 Å². The summed E-state index contributed by atoms with van der Waals surface area (Å²) >= 11 is 0. The number of aromatic amines is 1. The first-order chi connectivity index (χ1) is 11.3. The molecule has 0 atom stereocenters. The third-order valence-electron chi connectivity index (χ3n) is 3.53. The van der Waals surface area contributed by atoms with Crippen LogP contribution in [0.25, 0.3) is 10.9 Å². The van der Waals surface area contributed by atoms with Gasteiger partial charge in [0.2, 0.25) is 5.88 Å². The number of aryl methyl sites for hydroxylation is 1. The molecule has 0 aliphatic rings. The molecule has 122 valence electrons. The number of hydrogen-bond acceptors (Lipinski definition) is 2. The molecule has 0 aliphatic heterocycles. The van der Waals surface area contributed by atoms with Gasteiger partial charge in [0.25, 0.3) is 0 Å². The number of aromatic nitrogens is 2. The van der Waals surface area contributed by atoms with E-state index in [0.29, 0.717) is 5.88 Å². The second kappa shape index (κ2) is 8.96. The Labute approximate surface area is 137 Å². The summed E-state index contributed by atoms with van der Waals surface area (Å²) in [7, 11) is 2.06. The number of benzene rings is 1. The first-order valence-electron chi connectivity index (χ1n) is 8.25. The van der Waals surface area contributed by atoms with Gasteiger partial charge in [-0.2, -0.15) is 0 Å². The Morgan fingerprint density at radius 2 is 1.96 bits per heavy atom. The van der Waals surface area contributed by atoms with Gasteiger partial charge in [0.05, 0.1) is 13.6 Å². The molecule has 0 saturated carbocycles. The number of quaternary nitrogens is 1. The highest BCUT2D eigenvalue weighted by molar-refractivity contribution is 5.89. The number of nitrogens with zero attached hydrogens (tertiary/aromatic N) is 1. The summed E-state index contributed by atoms with van der Waals surface area (Å²) in [5, 5.41) is 3.29. The van der Waals surface area contributed by atoms with Crippen molar-refractivity contribution in [2.24, 2.45) is 0 Å². The van der Waals surface area contributed by atoms with Crippen LogP contribution >= 0.6 is 0 Å². The van der Waals surface area contributed by atoms with Gasteiger partial charge in [-0.05, 0) is 37.1 Å². The number of nitrogens with one attached hydrogen (secondary N) is 1. The largest absolute Gasteiger partial charge is 0.438 e. The number of pyridine rings is 1. The Bertz CT molecular complexity index is 705. The average Bonchev–Trinajstić information content (AvgIpc) is 3.01. The van der Waals surface area contributed by atoms with Gasteiger partial charge in [0.1, 0.15) is 5.75 Å². The van der Waals surface area contributed by atoms with Gasteiger partial charge < -0.3 is 15.0 Å². The van der Waals surface area contributed by atoms with Gasteiger partial charge in [-0.3, -0.25) is 0 Å². The second-order valence-electron chi connectivity index (χ2n) is 5.33. The van der Waals surface area contributed by atoms with Crippen LogP contribution in [0.2, 0.25) is 0 Å². The summed E-state index contributed by atoms with van der Waals surface area (Å²) in [6.07, 6.45) is 5.96. The maximum Gasteiger partial charge on any atom is 0.219 e. The molecule has 23 heavy (non-hydrogen) atoms. The molecule has 1 aromatic carbocycles. The van der Waals surface area contributed by atoms with Crippen molar-refractivity contribution in [3.63, 3.8) is 0 Å². The number of nitrogens with two attached hydrogens (primary N) is 1. The molecule has 3 N–H and O–H groups in total. The molecular weight excluding hydrogens is 286 g/mol. The van der Waals surface area contributed by atoms with E-state index in [2.05, 4.69) is 48.4 Å². The molecule has 0 radical (unpaired) electrons. The van der Waals surface area contributed by atoms with Crippen molar-refractivity contribution in [2.45, 2.75) is 26.7 Å². The first-order valence-corrected chi connectivity index (χ1v) is 8.25. The zero-order valence-corrected chi connectivity index (χ0v) is 14.2. The zero-order chi connectivity index (χ0) is 16.5. The van der Waals surface area contributed by atoms with Crippen molar-refractivity contribution in [3.8, 4) is 11.6 Å². The molecule has 0 spiro atoms. The van der Waals surface area contributed by atoms with Crippen molar-refractivity contribution in [1.82, 2.24) is 9.97 Å². The van der Waals surface area contributed by atoms with Crippen LogP contribution in [0.15, 0.2) is 48.8 Å². The molecule has 3 aromatic rings. The summed E-state index contributed by atoms with van der Waals surface area (Å²) in [5.74, 6) is 1.49. The van der Waals surface area contributed by atoms with E-state index < -0.39 is 0 Å². The van der Waals surface area contributed by atoms with Gasteiger partial charge in [0, 0.05) is 29.4 Å². The van der Waals surface area contributed by atoms with Crippen LogP contribution in [0, 0.1) is 0 Å². The third kappa shape index (κ3) is 4.57. The predicted octanol–water partition coefficient (Wildman–Crippen LogP) is 3.51. The molecule has 0 unspecified atom stereocenters. The fourth-order valence-electron chi connectivity index (χ4n) is 2.29. The minimum absolute atomic E-state index is 0.624.